The Kier molecular flexibility index (Phi) is 13.6. The monoisotopic (exact) mass is 118 g/mol. The first-order valence-electron chi connectivity index (χ1n) is 3.03. The highest BCUT2D eigenvalue weighted by Gasteiger charge is 1.68. The minimum atomic E-state index is 1.25. The molecule has 0 heterocycles. The van der Waals surface area contributed by atoms with E-state index < -0.39 is 0 Å². The third-order valence-electron chi connectivity index (χ3n) is 0.447. The third kappa shape index (κ3) is 38.9. The van der Waals surface area contributed by atoms with Crippen LogP contribution in [0, 0.1) is 0 Å². The molecule has 2 nitrogen and oxygen atoms in total. The van der Waals surface area contributed by atoms with Crippen LogP contribution in [0.2, 0.25) is 0 Å². The second-order valence-corrected chi connectivity index (χ2v) is 1.83. The first kappa shape index (κ1) is 10.8. The Morgan fingerprint density at radius 2 is 1.38 bits per heavy atom. The molecule has 0 amide bonds. The highest BCUT2D eigenvalue weighted by molar-refractivity contribution is 4.12. The highest BCUT2D eigenvalue weighted by atomic mass is 15.5. The predicted octanol–water partition coefficient (Wildman–Crippen LogP) is 1.10. The van der Waals surface area contributed by atoms with E-state index in [0.29, 0.717) is 0 Å². The van der Waals surface area contributed by atoms with Crippen molar-refractivity contribution in [2.75, 3.05) is 21.1 Å². The molecule has 0 radical (unpaired) electrons. The van der Waals surface area contributed by atoms with Crippen molar-refractivity contribution in [3.8, 4) is 0 Å². The Morgan fingerprint density at radius 1 is 1.25 bits per heavy atom. The van der Waals surface area contributed by atoms with Crippen LogP contribution in [-0.4, -0.2) is 26.2 Å². The van der Waals surface area contributed by atoms with Gasteiger partial charge in [-0.15, -0.1) is 0 Å². The van der Waals surface area contributed by atoms with Crippen molar-refractivity contribution in [1.82, 2.24) is 10.4 Å². The van der Waals surface area contributed by atoms with Gasteiger partial charge in [-0.2, -0.15) is 0 Å². The zero-order chi connectivity index (χ0) is 6.99. The molecule has 1 N–H and O–H groups in total. The molecular formula is C6H18N2. The molecule has 0 bridgehead atoms. The molecule has 52 valence electrons. The van der Waals surface area contributed by atoms with Crippen molar-refractivity contribution < 1.29 is 0 Å². The molecule has 0 aliphatic rings. The van der Waals surface area contributed by atoms with Crippen LogP contribution in [0.4, 0.5) is 0 Å². The molecule has 8 heavy (non-hydrogen) atoms. The van der Waals surface area contributed by atoms with Gasteiger partial charge in [0.25, 0.3) is 0 Å². The fourth-order valence-electron chi connectivity index (χ4n) is 0. The average Bonchev–Trinajstić information content (AvgIpc) is 1.69. The largest absolute Gasteiger partial charge is 0.259 e. The van der Waals surface area contributed by atoms with Gasteiger partial charge in [0.15, 0.2) is 0 Å². The van der Waals surface area contributed by atoms with Gasteiger partial charge in [0.1, 0.15) is 0 Å². The van der Waals surface area contributed by atoms with Crippen molar-refractivity contribution in [3.63, 3.8) is 0 Å². The van der Waals surface area contributed by atoms with E-state index in [1.165, 1.54) is 6.42 Å². The average molecular weight is 118 g/mol. The van der Waals surface area contributed by atoms with Gasteiger partial charge in [0.05, 0.1) is 0 Å². The second-order valence-electron chi connectivity index (χ2n) is 1.83. The van der Waals surface area contributed by atoms with E-state index in [-0.39, 0.29) is 0 Å². The van der Waals surface area contributed by atoms with Crippen LogP contribution in [0.15, 0.2) is 0 Å². The lowest BCUT2D eigenvalue weighted by Crippen LogP contribution is -2.25. The number of nitrogens with zero attached hydrogens (tertiary/aromatic N) is 1. The number of rotatable bonds is 1. The van der Waals surface area contributed by atoms with E-state index in [9.17, 15) is 0 Å². The molecule has 2 heteroatoms. The summed E-state index contributed by atoms with van der Waals surface area (Å²) in [6.07, 6.45) is 1.25. The van der Waals surface area contributed by atoms with E-state index in [2.05, 4.69) is 19.3 Å². The van der Waals surface area contributed by atoms with E-state index in [1.807, 2.05) is 26.2 Å². The zero-order valence-electron chi connectivity index (χ0n) is 6.65. The smallest absolute Gasteiger partial charge is 0.00128 e. The van der Waals surface area contributed by atoms with Crippen molar-refractivity contribution in [3.05, 3.63) is 0 Å². The quantitative estimate of drug-likeness (QED) is 0.519. The zero-order valence-corrected chi connectivity index (χ0v) is 6.65. The normalized spacial score (nSPS) is 8.25. The first-order valence-corrected chi connectivity index (χ1v) is 3.03. The topological polar surface area (TPSA) is 15.3 Å². The van der Waals surface area contributed by atoms with Crippen LogP contribution in [0.5, 0.6) is 0 Å². The van der Waals surface area contributed by atoms with Crippen molar-refractivity contribution >= 4 is 0 Å². The summed E-state index contributed by atoms with van der Waals surface area (Å²) in [6.45, 7) is 4.25. The van der Waals surface area contributed by atoms with Crippen LogP contribution >= 0.6 is 0 Å². The highest BCUT2D eigenvalue weighted by Crippen LogP contribution is 1.56. The van der Waals surface area contributed by atoms with Gasteiger partial charge in [-0.05, 0) is 7.05 Å². The van der Waals surface area contributed by atoms with Crippen LogP contribution < -0.4 is 5.43 Å². The van der Waals surface area contributed by atoms with Crippen LogP contribution in [0.3, 0.4) is 0 Å². The predicted molar refractivity (Wildman–Crippen MR) is 38.7 cm³/mol. The van der Waals surface area contributed by atoms with Gasteiger partial charge in [0.2, 0.25) is 0 Å². The van der Waals surface area contributed by atoms with Crippen molar-refractivity contribution in [1.29, 1.82) is 0 Å². The summed E-state index contributed by atoms with van der Waals surface area (Å²) in [5.41, 5.74) is 2.86. The molecule has 0 rings (SSSR count). The van der Waals surface area contributed by atoms with Crippen LogP contribution in [0.1, 0.15) is 20.3 Å². The summed E-state index contributed by atoms with van der Waals surface area (Å²) in [7, 11) is 5.76. The van der Waals surface area contributed by atoms with E-state index >= 15 is 0 Å². The van der Waals surface area contributed by atoms with E-state index in [0.717, 1.165) is 0 Å². The molecular weight excluding hydrogens is 100 g/mol. The molecule has 0 saturated heterocycles. The lowest BCUT2D eigenvalue weighted by Gasteiger charge is -2.02. The van der Waals surface area contributed by atoms with Crippen molar-refractivity contribution in [2.45, 2.75) is 20.3 Å². The summed E-state index contributed by atoms with van der Waals surface area (Å²) in [5, 5.41) is 1.88. The maximum absolute atomic E-state index is 2.86. The summed E-state index contributed by atoms with van der Waals surface area (Å²) in [5.74, 6) is 0. The Balaban J connectivity index is 0. The van der Waals surface area contributed by atoms with Gasteiger partial charge in [-0.3, -0.25) is 10.4 Å². The Bertz CT molecular complexity index is 27.7. The summed E-state index contributed by atoms with van der Waals surface area (Å²) < 4.78 is 0. The molecule has 0 spiro atoms. The second kappa shape index (κ2) is 10.0. The molecule has 0 aliphatic carbocycles. The molecule has 0 aromatic carbocycles. The van der Waals surface area contributed by atoms with Gasteiger partial charge in [-0.25, -0.2) is 0 Å². The van der Waals surface area contributed by atoms with Gasteiger partial charge in [-0.1, -0.05) is 20.3 Å². The molecule has 0 aromatic rings. The van der Waals surface area contributed by atoms with E-state index in [4.69, 9.17) is 0 Å². The van der Waals surface area contributed by atoms with Gasteiger partial charge >= 0.3 is 0 Å². The number of hydrogen-bond acceptors (Lipinski definition) is 2. The van der Waals surface area contributed by atoms with Crippen molar-refractivity contribution in [2.24, 2.45) is 0 Å². The summed E-state index contributed by atoms with van der Waals surface area (Å²) in [4.78, 5) is 0. The lowest BCUT2D eigenvalue weighted by atomic mass is 10.6. The van der Waals surface area contributed by atoms with E-state index in [1.54, 1.807) is 0 Å². The molecule has 0 saturated carbocycles. The third-order valence-corrected chi connectivity index (χ3v) is 0.447. The van der Waals surface area contributed by atoms with Crippen LogP contribution in [0.25, 0.3) is 0 Å². The Hall–Kier alpha value is -0.0800. The molecule has 0 aromatic heterocycles. The standard InChI is InChI=1S/C3H10N2.C3H8/c1-4-5(2)3;1-3-2/h4H,1-3H3;3H2,1-2H3. The molecule has 0 fully saturated rings. The van der Waals surface area contributed by atoms with Gasteiger partial charge < -0.3 is 0 Å². The molecule has 0 aliphatic heterocycles. The Morgan fingerprint density at radius 3 is 1.38 bits per heavy atom. The Labute approximate surface area is 52.8 Å². The fourth-order valence-corrected chi connectivity index (χ4v) is 0. The minimum absolute atomic E-state index is 1.25. The number of hydrogen-bond donors (Lipinski definition) is 1. The maximum Gasteiger partial charge on any atom is 0.00128 e. The minimum Gasteiger partial charge on any atom is -0.259 e. The SMILES string of the molecule is CCC.CNN(C)C. The first-order chi connectivity index (χ1) is 3.68. The fraction of sp³-hybridized carbons (Fsp3) is 1.00. The van der Waals surface area contributed by atoms with Gasteiger partial charge in [0, 0.05) is 14.1 Å². The maximum atomic E-state index is 2.86. The summed E-state index contributed by atoms with van der Waals surface area (Å²) >= 11 is 0. The molecule has 0 unspecified atom stereocenters. The number of hydrazine groups is 1. The lowest BCUT2D eigenvalue weighted by molar-refractivity contribution is 0.323. The number of nitrogens with one attached hydrogen (secondary N) is 1. The summed E-state index contributed by atoms with van der Waals surface area (Å²) in [6, 6.07) is 0. The molecule has 0 atom stereocenters. The van der Waals surface area contributed by atoms with Crippen LogP contribution in [-0.2, 0) is 0 Å².